The molecule has 0 atom stereocenters. The molecule has 0 unspecified atom stereocenters. The highest BCUT2D eigenvalue weighted by molar-refractivity contribution is 8.06. The number of nitrogens with zero attached hydrogens (tertiary/aromatic N) is 1. The molecule has 1 aromatic rings. The maximum atomic E-state index is 4.05. The van der Waals surface area contributed by atoms with Gasteiger partial charge in [-0.1, -0.05) is 42.6 Å². The highest BCUT2D eigenvalue weighted by Gasteiger charge is 2.20. The Hall–Kier alpha value is -1.15. The lowest BCUT2D eigenvalue weighted by molar-refractivity contribution is 0.558. The summed E-state index contributed by atoms with van der Waals surface area (Å²) in [6.07, 6.45) is 0. The van der Waals surface area contributed by atoms with Crippen LogP contribution in [0.5, 0.6) is 0 Å². The average Bonchev–Trinajstić information content (AvgIpc) is 2.60. The van der Waals surface area contributed by atoms with Gasteiger partial charge in [0.15, 0.2) is 0 Å². The van der Waals surface area contributed by atoms with Gasteiger partial charge in [-0.2, -0.15) is 0 Å². The Morgan fingerprint density at radius 1 is 1.33 bits per heavy atom. The van der Waals surface area contributed by atoms with E-state index in [9.17, 15) is 0 Å². The van der Waals surface area contributed by atoms with Crippen LogP contribution in [0.1, 0.15) is 18.1 Å². The van der Waals surface area contributed by atoms with Crippen molar-refractivity contribution in [3.05, 3.63) is 52.4 Å². The number of hydrogen-bond acceptors (Lipinski definition) is 2. The summed E-state index contributed by atoms with van der Waals surface area (Å²) in [6, 6.07) is 8.48. The Kier molecular flexibility index (Phi) is 2.87. The third kappa shape index (κ3) is 1.82. The van der Waals surface area contributed by atoms with E-state index in [4.69, 9.17) is 0 Å². The van der Waals surface area contributed by atoms with E-state index in [2.05, 4.69) is 55.0 Å². The molecule has 0 fully saturated rings. The van der Waals surface area contributed by atoms with Gasteiger partial charge in [-0.3, -0.25) is 0 Å². The van der Waals surface area contributed by atoms with Gasteiger partial charge in [0.05, 0.1) is 10.7 Å². The maximum Gasteiger partial charge on any atom is 0.0722 e. The fourth-order valence-electron chi connectivity index (χ4n) is 1.80. The van der Waals surface area contributed by atoms with E-state index in [0.717, 1.165) is 11.6 Å². The van der Waals surface area contributed by atoms with Gasteiger partial charge in [0.25, 0.3) is 0 Å². The molecule has 1 aromatic carbocycles. The zero-order chi connectivity index (χ0) is 10.8. The summed E-state index contributed by atoms with van der Waals surface area (Å²) in [6.45, 7) is 9.33. The molecular weight excluding hydrogens is 202 g/mol. The van der Waals surface area contributed by atoms with Gasteiger partial charge in [-0.05, 0) is 19.4 Å². The van der Waals surface area contributed by atoms with Crippen LogP contribution in [0, 0.1) is 6.92 Å². The average molecular weight is 217 g/mol. The van der Waals surface area contributed by atoms with Crippen LogP contribution in [0.15, 0.2) is 41.3 Å². The van der Waals surface area contributed by atoms with Crippen molar-refractivity contribution in [1.29, 1.82) is 0 Å². The van der Waals surface area contributed by atoms with Gasteiger partial charge in [0.1, 0.15) is 0 Å². The van der Waals surface area contributed by atoms with Crippen molar-refractivity contribution in [1.82, 2.24) is 4.90 Å². The van der Waals surface area contributed by atoms with Gasteiger partial charge >= 0.3 is 0 Å². The molecular formula is C13H15NS. The van der Waals surface area contributed by atoms with Crippen molar-refractivity contribution in [2.24, 2.45) is 0 Å². The third-order valence-corrected chi connectivity index (χ3v) is 3.47. The second kappa shape index (κ2) is 4.15. The standard InChI is InChI=1S/C13H15NS/c1-4-14-11(3)15-9-13(14)12-8-6-5-7-10(12)2/h5-9H,3-4H2,1-2H3. The smallest absolute Gasteiger partial charge is 0.0722 e. The monoisotopic (exact) mass is 217 g/mol. The zero-order valence-electron chi connectivity index (χ0n) is 9.16. The Labute approximate surface area is 95.5 Å². The Morgan fingerprint density at radius 2 is 2.07 bits per heavy atom. The van der Waals surface area contributed by atoms with Crippen molar-refractivity contribution < 1.29 is 0 Å². The van der Waals surface area contributed by atoms with Crippen molar-refractivity contribution in [3.63, 3.8) is 0 Å². The van der Waals surface area contributed by atoms with Crippen LogP contribution in [0.3, 0.4) is 0 Å². The summed E-state index contributed by atoms with van der Waals surface area (Å²) in [5.74, 6) is 0. The highest BCUT2D eigenvalue weighted by Crippen LogP contribution is 2.38. The lowest BCUT2D eigenvalue weighted by Gasteiger charge is -2.21. The van der Waals surface area contributed by atoms with E-state index >= 15 is 0 Å². The van der Waals surface area contributed by atoms with Gasteiger partial charge in [-0.25, -0.2) is 0 Å². The summed E-state index contributed by atoms with van der Waals surface area (Å²) in [5.41, 5.74) is 3.91. The topological polar surface area (TPSA) is 3.24 Å². The van der Waals surface area contributed by atoms with Gasteiger partial charge in [0, 0.05) is 17.5 Å². The molecule has 2 heteroatoms. The molecule has 2 rings (SSSR count). The fraction of sp³-hybridized carbons (Fsp3) is 0.231. The fourth-order valence-corrected chi connectivity index (χ4v) is 2.66. The first-order valence-electron chi connectivity index (χ1n) is 5.13. The molecule has 0 saturated carbocycles. The molecule has 0 aliphatic carbocycles. The number of rotatable bonds is 2. The largest absolute Gasteiger partial charge is 0.336 e. The molecule has 0 bridgehead atoms. The molecule has 1 nitrogen and oxygen atoms in total. The van der Waals surface area contributed by atoms with E-state index in [1.165, 1.54) is 16.8 Å². The number of hydrogen-bond donors (Lipinski definition) is 0. The van der Waals surface area contributed by atoms with E-state index in [1.807, 2.05) is 0 Å². The third-order valence-electron chi connectivity index (χ3n) is 2.64. The van der Waals surface area contributed by atoms with Crippen LogP contribution < -0.4 is 0 Å². The molecule has 0 saturated heterocycles. The van der Waals surface area contributed by atoms with Crippen LogP contribution in [-0.4, -0.2) is 11.4 Å². The zero-order valence-corrected chi connectivity index (χ0v) is 9.97. The molecule has 15 heavy (non-hydrogen) atoms. The van der Waals surface area contributed by atoms with Crippen molar-refractivity contribution >= 4 is 17.5 Å². The van der Waals surface area contributed by atoms with Crippen LogP contribution in [-0.2, 0) is 0 Å². The quantitative estimate of drug-likeness (QED) is 0.740. The number of benzene rings is 1. The van der Waals surface area contributed by atoms with E-state index in [-0.39, 0.29) is 0 Å². The van der Waals surface area contributed by atoms with E-state index < -0.39 is 0 Å². The number of thioether (sulfide) groups is 1. The normalized spacial score (nSPS) is 15.7. The summed E-state index contributed by atoms with van der Waals surface area (Å²) in [7, 11) is 0. The lowest BCUT2D eigenvalue weighted by Crippen LogP contribution is -2.15. The molecule has 0 spiro atoms. The SMILES string of the molecule is C=C1SC=C(c2ccccc2C)N1CC. The van der Waals surface area contributed by atoms with Crippen molar-refractivity contribution in [3.8, 4) is 0 Å². The number of aryl methyl sites for hydroxylation is 1. The first-order chi connectivity index (χ1) is 7.24. The minimum Gasteiger partial charge on any atom is -0.336 e. The van der Waals surface area contributed by atoms with Crippen LogP contribution in [0.2, 0.25) is 0 Å². The highest BCUT2D eigenvalue weighted by atomic mass is 32.2. The molecule has 0 amide bonds. The maximum absolute atomic E-state index is 4.05. The summed E-state index contributed by atoms with van der Waals surface area (Å²) >= 11 is 1.71. The molecule has 0 N–H and O–H groups in total. The minimum absolute atomic E-state index is 0.978. The summed E-state index contributed by atoms with van der Waals surface area (Å²) < 4.78 is 0. The predicted molar refractivity (Wildman–Crippen MR) is 68.3 cm³/mol. The van der Waals surface area contributed by atoms with Gasteiger partial charge in [0.2, 0.25) is 0 Å². The Bertz CT molecular complexity index is 420. The molecule has 0 radical (unpaired) electrons. The van der Waals surface area contributed by atoms with Crippen molar-refractivity contribution in [2.45, 2.75) is 13.8 Å². The Morgan fingerprint density at radius 3 is 2.73 bits per heavy atom. The first-order valence-corrected chi connectivity index (χ1v) is 6.01. The molecule has 0 aromatic heterocycles. The Balaban J connectivity index is 2.40. The van der Waals surface area contributed by atoms with E-state index in [0.29, 0.717) is 0 Å². The second-order valence-electron chi connectivity index (χ2n) is 3.57. The molecule has 1 aliphatic rings. The molecule has 78 valence electrons. The van der Waals surface area contributed by atoms with Crippen LogP contribution in [0.25, 0.3) is 5.70 Å². The second-order valence-corrected chi connectivity index (χ2v) is 4.52. The summed E-state index contributed by atoms with van der Waals surface area (Å²) in [4.78, 5) is 2.26. The minimum atomic E-state index is 0.978. The van der Waals surface area contributed by atoms with Crippen LogP contribution in [0.4, 0.5) is 0 Å². The molecule has 1 heterocycles. The van der Waals surface area contributed by atoms with Crippen LogP contribution >= 0.6 is 11.8 Å². The van der Waals surface area contributed by atoms with E-state index in [1.54, 1.807) is 11.8 Å². The van der Waals surface area contributed by atoms with Crippen molar-refractivity contribution in [2.75, 3.05) is 6.54 Å². The van der Waals surface area contributed by atoms with Gasteiger partial charge < -0.3 is 4.90 Å². The first kappa shape index (κ1) is 10.4. The van der Waals surface area contributed by atoms with Gasteiger partial charge in [-0.15, -0.1) is 0 Å². The summed E-state index contributed by atoms with van der Waals surface area (Å²) in [5, 5.41) is 3.31. The predicted octanol–water partition coefficient (Wildman–Crippen LogP) is 3.83. The lowest BCUT2D eigenvalue weighted by atomic mass is 10.1. The molecule has 1 aliphatic heterocycles.